The van der Waals surface area contributed by atoms with Gasteiger partial charge in [0.2, 0.25) is 17.7 Å². The maximum atomic E-state index is 12.5. The molecule has 6 nitrogen and oxygen atoms in total. The second kappa shape index (κ2) is 8.10. The molecule has 0 radical (unpaired) electrons. The second-order valence-corrected chi connectivity index (χ2v) is 5.42. The van der Waals surface area contributed by atoms with E-state index in [-0.39, 0.29) is 37.1 Å². The molecule has 3 amide bonds. The van der Waals surface area contributed by atoms with Crippen molar-refractivity contribution in [2.24, 2.45) is 0 Å². The maximum Gasteiger partial charge on any atom is 0.244 e. The smallest absolute Gasteiger partial charge is 0.244 e. The summed E-state index contributed by atoms with van der Waals surface area (Å²) in [4.78, 5) is 39.4. The van der Waals surface area contributed by atoms with E-state index in [1.807, 2.05) is 0 Å². The zero-order chi connectivity index (χ0) is 17.5. The molecule has 0 aliphatic carbocycles. The highest BCUT2D eigenvalue weighted by Gasteiger charge is 2.27. The zero-order valence-corrected chi connectivity index (χ0v) is 13.5. The van der Waals surface area contributed by atoms with Crippen molar-refractivity contribution in [2.45, 2.75) is 12.8 Å². The van der Waals surface area contributed by atoms with Gasteiger partial charge in [0, 0.05) is 25.9 Å². The van der Waals surface area contributed by atoms with Gasteiger partial charge in [0.25, 0.3) is 0 Å². The molecular weight excluding hydrogens is 306 g/mol. The van der Waals surface area contributed by atoms with Crippen molar-refractivity contribution in [2.75, 3.05) is 29.9 Å². The Labute approximate surface area is 141 Å². The van der Waals surface area contributed by atoms with E-state index in [0.29, 0.717) is 24.5 Å². The largest absolute Gasteiger partial charge is 0.335 e. The van der Waals surface area contributed by atoms with E-state index >= 15 is 0 Å². The molecule has 0 atom stereocenters. The molecule has 1 aromatic rings. The number of benzene rings is 1. The van der Waals surface area contributed by atoms with E-state index < -0.39 is 0 Å². The number of carbonyl (C=O) groups excluding carboxylic acids is 3. The normalized spacial score (nSPS) is 12.8. The number of amides is 3. The van der Waals surface area contributed by atoms with Crippen LogP contribution in [0.3, 0.4) is 0 Å². The molecular formula is C18H21N3O3. The summed E-state index contributed by atoms with van der Waals surface area (Å²) < 4.78 is 0. The van der Waals surface area contributed by atoms with Crippen LogP contribution in [0.15, 0.2) is 49.6 Å². The van der Waals surface area contributed by atoms with Gasteiger partial charge in [0.1, 0.15) is 6.54 Å². The molecule has 0 unspecified atom stereocenters. The van der Waals surface area contributed by atoms with Gasteiger partial charge < -0.3 is 15.1 Å². The van der Waals surface area contributed by atoms with Crippen molar-refractivity contribution in [1.29, 1.82) is 0 Å². The van der Waals surface area contributed by atoms with Crippen molar-refractivity contribution < 1.29 is 14.4 Å². The Hall–Kier alpha value is -2.89. The monoisotopic (exact) mass is 327 g/mol. The number of hydrogen-bond donors (Lipinski definition) is 1. The highest BCUT2D eigenvalue weighted by molar-refractivity contribution is 6.10. The number of carbonyl (C=O) groups is 3. The van der Waals surface area contributed by atoms with Crippen LogP contribution in [0.25, 0.3) is 0 Å². The maximum absolute atomic E-state index is 12.5. The lowest BCUT2D eigenvalue weighted by atomic mass is 10.1. The third-order valence-corrected chi connectivity index (χ3v) is 3.68. The first-order chi connectivity index (χ1) is 11.6. The van der Waals surface area contributed by atoms with Crippen LogP contribution < -0.4 is 10.2 Å². The molecule has 1 N–H and O–H groups in total. The van der Waals surface area contributed by atoms with Crippen LogP contribution in [0.4, 0.5) is 11.4 Å². The van der Waals surface area contributed by atoms with E-state index in [0.717, 1.165) is 0 Å². The Balaban J connectivity index is 2.02. The molecule has 0 bridgehead atoms. The first kappa shape index (κ1) is 17.5. The summed E-state index contributed by atoms with van der Waals surface area (Å²) in [5, 5.41) is 2.73. The summed E-state index contributed by atoms with van der Waals surface area (Å²) in [6, 6.07) is 7.11. The lowest BCUT2D eigenvalue weighted by molar-refractivity contribution is -0.132. The minimum absolute atomic E-state index is 0.0347. The van der Waals surface area contributed by atoms with Crippen molar-refractivity contribution in [3.8, 4) is 0 Å². The number of anilines is 2. The number of fused-ring (bicyclic) bond motifs is 1. The summed E-state index contributed by atoms with van der Waals surface area (Å²) in [5.41, 5.74) is 1.26. The molecule has 0 saturated heterocycles. The fourth-order valence-electron chi connectivity index (χ4n) is 2.55. The van der Waals surface area contributed by atoms with Gasteiger partial charge in [-0.2, -0.15) is 0 Å². The highest BCUT2D eigenvalue weighted by Crippen LogP contribution is 2.29. The Morgan fingerprint density at radius 1 is 1.17 bits per heavy atom. The molecule has 0 aromatic heterocycles. The Morgan fingerprint density at radius 2 is 1.83 bits per heavy atom. The van der Waals surface area contributed by atoms with Gasteiger partial charge in [-0.05, 0) is 12.1 Å². The molecule has 0 spiro atoms. The summed E-state index contributed by atoms with van der Waals surface area (Å²) in [6.45, 7) is 8.03. The SMILES string of the molecule is C=CCN(CC=C)C(=O)CCC(=O)N1CC(=O)Nc2ccccc21. The van der Waals surface area contributed by atoms with Crippen LogP contribution >= 0.6 is 0 Å². The van der Waals surface area contributed by atoms with E-state index in [4.69, 9.17) is 0 Å². The molecule has 0 saturated carbocycles. The molecule has 24 heavy (non-hydrogen) atoms. The molecule has 6 heteroatoms. The number of hydrogen-bond acceptors (Lipinski definition) is 3. The van der Waals surface area contributed by atoms with Crippen molar-refractivity contribution in [3.05, 3.63) is 49.6 Å². The molecule has 1 aromatic carbocycles. The van der Waals surface area contributed by atoms with E-state index in [9.17, 15) is 14.4 Å². The average molecular weight is 327 g/mol. The van der Waals surface area contributed by atoms with E-state index in [2.05, 4.69) is 18.5 Å². The van der Waals surface area contributed by atoms with Gasteiger partial charge in [0.15, 0.2) is 0 Å². The summed E-state index contributed by atoms with van der Waals surface area (Å²) in [7, 11) is 0. The Kier molecular flexibility index (Phi) is 5.89. The first-order valence-electron chi connectivity index (χ1n) is 7.75. The molecule has 126 valence electrons. The fourth-order valence-corrected chi connectivity index (χ4v) is 2.55. The van der Waals surface area contributed by atoms with Crippen LogP contribution in [0.1, 0.15) is 12.8 Å². The Morgan fingerprint density at radius 3 is 2.50 bits per heavy atom. The predicted molar refractivity (Wildman–Crippen MR) is 93.6 cm³/mol. The lowest BCUT2D eigenvalue weighted by Gasteiger charge is -2.29. The quantitative estimate of drug-likeness (QED) is 0.778. The van der Waals surface area contributed by atoms with Crippen molar-refractivity contribution >= 4 is 29.1 Å². The van der Waals surface area contributed by atoms with E-state index in [1.165, 1.54) is 4.90 Å². The van der Waals surface area contributed by atoms with Crippen LogP contribution in [-0.2, 0) is 14.4 Å². The lowest BCUT2D eigenvalue weighted by Crippen LogP contribution is -2.42. The number of para-hydroxylation sites is 2. The van der Waals surface area contributed by atoms with Gasteiger partial charge in [-0.15, -0.1) is 13.2 Å². The molecule has 1 aliphatic rings. The highest BCUT2D eigenvalue weighted by atomic mass is 16.2. The van der Waals surface area contributed by atoms with Crippen LogP contribution in [0, 0.1) is 0 Å². The third kappa shape index (κ3) is 4.10. The molecule has 1 aliphatic heterocycles. The van der Waals surface area contributed by atoms with E-state index in [1.54, 1.807) is 41.3 Å². The molecule has 0 fully saturated rings. The third-order valence-electron chi connectivity index (χ3n) is 3.68. The van der Waals surface area contributed by atoms with Crippen molar-refractivity contribution in [1.82, 2.24) is 4.90 Å². The number of nitrogens with zero attached hydrogens (tertiary/aromatic N) is 2. The van der Waals surface area contributed by atoms with Gasteiger partial charge >= 0.3 is 0 Å². The summed E-state index contributed by atoms with van der Waals surface area (Å²) in [6.07, 6.45) is 3.40. The minimum Gasteiger partial charge on any atom is -0.335 e. The van der Waals surface area contributed by atoms with Gasteiger partial charge in [-0.1, -0.05) is 24.3 Å². The standard InChI is InChI=1S/C18H21N3O3/c1-3-11-20(12-4-2)17(23)9-10-18(24)21-13-16(22)19-14-7-5-6-8-15(14)21/h3-8H,1-2,9-13H2,(H,19,22). The van der Waals surface area contributed by atoms with Crippen LogP contribution in [0.5, 0.6) is 0 Å². The molecule has 1 heterocycles. The summed E-state index contributed by atoms with van der Waals surface area (Å²) in [5.74, 6) is -0.631. The van der Waals surface area contributed by atoms with Crippen molar-refractivity contribution in [3.63, 3.8) is 0 Å². The second-order valence-electron chi connectivity index (χ2n) is 5.42. The van der Waals surface area contributed by atoms with Gasteiger partial charge in [0.05, 0.1) is 11.4 Å². The Bertz CT molecular complexity index is 659. The van der Waals surface area contributed by atoms with Gasteiger partial charge in [-0.3, -0.25) is 14.4 Å². The van der Waals surface area contributed by atoms with Gasteiger partial charge in [-0.25, -0.2) is 0 Å². The topological polar surface area (TPSA) is 69.7 Å². The zero-order valence-electron chi connectivity index (χ0n) is 13.5. The molecule has 2 rings (SSSR count). The fraction of sp³-hybridized carbons (Fsp3) is 0.278. The minimum atomic E-state index is -0.247. The number of rotatable bonds is 7. The van der Waals surface area contributed by atoms with Crippen LogP contribution in [0.2, 0.25) is 0 Å². The first-order valence-corrected chi connectivity index (χ1v) is 7.75. The summed E-state index contributed by atoms with van der Waals surface area (Å²) >= 11 is 0. The predicted octanol–water partition coefficient (Wildman–Crippen LogP) is 1.95. The number of nitrogens with one attached hydrogen (secondary N) is 1. The average Bonchev–Trinajstić information content (AvgIpc) is 2.58. The van der Waals surface area contributed by atoms with Crippen LogP contribution in [-0.4, -0.2) is 42.3 Å².